The van der Waals surface area contributed by atoms with Gasteiger partial charge < -0.3 is 9.15 Å². The summed E-state index contributed by atoms with van der Waals surface area (Å²) in [6, 6.07) is 1.38. The number of aryl methyl sites for hydroxylation is 2. The molecular weight excluding hydrogens is 288 g/mol. The van der Waals surface area contributed by atoms with E-state index in [9.17, 15) is 19.2 Å². The first-order chi connectivity index (χ1) is 10.3. The lowest BCUT2D eigenvalue weighted by atomic mass is 9.93. The zero-order chi connectivity index (χ0) is 16.7. The molecule has 1 heterocycles. The molecule has 6 heteroatoms. The summed E-state index contributed by atoms with van der Waals surface area (Å²) in [5, 5.41) is 0. The molecule has 0 bridgehead atoms. The van der Waals surface area contributed by atoms with Crippen molar-refractivity contribution in [2.75, 3.05) is 6.61 Å². The van der Waals surface area contributed by atoms with Gasteiger partial charge in [-0.25, -0.2) is 4.79 Å². The number of carbonyl (C=O) groups is 3. The third-order valence-corrected chi connectivity index (χ3v) is 3.02. The third-order valence-electron chi connectivity index (χ3n) is 3.02. The lowest BCUT2D eigenvalue weighted by Gasteiger charge is -2.13. The summed E-state index contributed by atoms with van der Waals surface area (Å²) in [5.41, 5.74) is 1.02. The fourth-order valence-electron chi connectivity index (χ4n) is 2.17. The predicted molar refractivity (Wildman–Crippen MR) is 78.9 cm³/mol. The molecule has 0 saturated heterocycles. The molecule has 120 valence electrons. The fraction of sp³-hybridized carbons (Fsp3) is 0.500. The number of hydrogen-bond donors (Lipinski definition) is 0. The van der Waals surface area contributed by atoms with Crippen molar-refractivity contribution in [3.8, 4) is 0 Å². The summed E-state index contributed by atoms with van der Waals surface area (Å²) in [7, 11) is 0. The van der Waals surface area contributed by atoms with Crippen molar-refractivity contribution in [2.45, 2.75) is 46.5 Å². The largest absolute Gasteiger partial charge is 0.466 e. The summed E-state index contributed by atoms with van der Waals surface area (Å²) in [4.78, 5) is 43.1. The summed E-state index contributed by atoms with van der Waals surface area (Å²) in [5.74, 6) is 0.0715. The van der Waals surface area contributed by atoms with Gasteiger partial charge in [0, 0.05) is 18.9 Å². The molecular formula is C16H20O6. The van der Waals surface area contributed by atoms with Crippen LogP contribution in [0.3, 0.4) is 0 Å². The van der Waals surface area contributed by atoms with Crippen molar-refractivity contribution >= 4 is 17.5 Å². The monoisotopic (exact) mass is 308 g/mol. The number of hydrogen-bond acceptors (Lipinski definition) is 6. The van der Waals surface area contributed by atoms with Crippen LogP contribution in [-0.2, 0) is 20.7 Å². The molecule has 0 aliphatic heterocycles. The summed E-state index contributed by atoms with van der Waals surface area (Å²) < 4.78 is 9.47. The topological polar surface area (TPSA) is 90.7 Å². The van der Waals surface area contributed by atoms with Gasteiger partial charge in [-0.05, 0) is 32.8 Å². The van der Waals surface area contributed by atoms with Gasteiger partial charge in [-0.2, -0.15) is 0 Å². The van der Waals surface area contributed by atoms with Gasteiger partial charge in [0.2, 0.25) is 0 Å². The Labute approximate surface area is 128 Å². The molecule has 1 aliphatic carbocycles. The van der Waals surface area contributed by atoms with Crippen LogP contribution in [0.15, 0.2) is 15.3 Å². The van der Waals surface area contributed by atoms with Gasteiger partial charge in [-0.1, -0.05) is 0 Å². The van der Waals surface area contributed by atoms with Crippen LogP contribution in [0.25, 0.3) is 0 Å². The number of ether oxygens (including phenoxy) is 1. The standard InChI is InChI=1S/C10H10O3.C6H10O3/c1-6-5-9(12)13-8-4-2-3-7(11)10(6)8;1-3-9-6(8)4-5(2)7/h5H,2-4H2,1H3;3-4H2,1-2H3. The van der Waals surface area contributed by atoms with Crippen LogP contribution >= 0.6 is 0 Å². The molecule has 1 aromatic rings. The maximum Gasteiger partial charge on any atom is 0.336 e. The lowest BCUT2D eigenvalue weighted by Crippen LogP contribution is -2.16. The van der Waals surface area contributed by atoms with Crippen LogP contribution in [0.5, 0.6) is 0 Å². The average molecular weight is 308 g/mol. The third kappa shape index (κ3) is 5.27. The van der Waals surface area contributed by atoms with Gasteiger partial charge in [-0.3, -0.25) is 14.4 Å². The van der Waals surface area contributed by atoms with Gasteiger partial charge in [0.25, 0.3) is 0 Å². The minimum absolute atomic E-state index is 0.0995. The van der Waals surface area contributed by atoms with Crippen molar-refractivity contribution < 1.29 is 23.5 Å². The Morgan fingerprint density at radius 3 is 2.55 bits per heavy atom. The maximum absolute atomic E-state index is 11.5. The molecule has 0 unspecified atom stereocenters. The molecule has 0 saturated carbocycles. The molecule has 2 rings (SSSR count). The maximum atomic E-state index is 11.5. The fourth-order valence-corrected chi connectivity index (χ4v) is 2.17. The summed E-state index contributed by atoms with van der Waals surface area (Å²) in [6.45, 7) is 5.18. The van der Waals surface area contributed by atoms with Crippen molar-refractivity contribution in [3.05, 3.63) is 33.4 Å². The quantitative estimate of drug-likeness (QED) is 0.626. The molecule has 0 spiro atoms. The molecule has 0 atom stereocenters. The Morgan fingerprint density at radius 1 is 1.27 bits per heavy atom. The Hall–Kier alpha value is -2.24. The highest BCUT2D eigenvalue weighted by atomic mass is 16.5. The van der Waals surface area contributed by atoms with Gasteiger partial charge in [0.15, 0.2) is 5.78 Å². The highest BCUT2D eigenvalue weighted by molar-refractivity contribution is 5.99. The van der Waals surface area contributed by atoms with Crippen LogP contribution in [0.2, 0.25) is 0 Å². The van der Waals surface area contributed by atoms with Gasteiger partial charge >= 0.3 is 11.6 Å². The molecule has 1 aliphatic rings. The molecule has 1 aromatic heterocycles. The Kier molecular flexibility index (Phi) is 6.69. The van der Waals surface area contributed by atoms with E-state index in [-0.39, 0.29) is 23.6 Å². The first-order valence-electron chi connectivity index (χ1n) is 7.17. The zero-order valence-corrected chi connectivity index (χ0v) is 13.1. The Morgan fingerprint density at radius 2 is 1.95 bits per heavy atom. The highest BCUT2D eigenvalue weighted by Crippen LogP contribution is 2.22. The van der Waals surface area contributed by atoms with Crippen molar-refractivity contribution in [1.82, 2.24) is 0 Å². The van der Waals surface area contributed by atoms with Crippen LogP contribution in [0.1, 0.15) is 54.8 Å². The number of fused-ring (bicyclic) bond motifs is 1. The van der Waals surface area contributed by atoms with E-state index >= 15 is 0 Å². The van der Waals surface area contributed by atoms with E-state index in [1.165, 1.54) is 13.0 Å². The van der Waals surface area contributed by atoms with E-state index in [1.54, 1.807) is 13.8 Å². The molecule has 22 heavy (non-hydrogen) atoms. The van der Waals surface area contributed by atoms with Gasteiger partial charge in [0.05, 0.1) is 12.2 Å². The number of rotatable bonds is 3. The number of esters is 1. The molecule has 0 aromatic carbocycles. The smallest absolute Gasteiger partial charge is 0.336 e. The molecule has 0 radical (unpaired) electrons. The lowest BCUT2D eigenvalue weighted by molar-refractivity contribution is -0.145. The minimum Gasteiger partial charge on any atom is -0.466 e. The summed E-state index contributed by atoms with van der Waals surface area (Å²) >= 11 is 0. The highest BCUT2D eigenvalue weighted by Gasteiger charge is 2.21. The van der Waals surface area contributed by atoms with E-state index in [0.29, 0.717) is 30.8 Å². The van der Waals surface area contributed by atoms with Crippen LogP contribution < -0.4 is 5.63 Å². The van der Waals surface area contributed by atoms with Crippen LogP contribution in [-0.4, -0.2) is 24.1 Å². The van der Waals surface area contributed by atoms with E-state index in [0.717, 1.165) is 12.0 Å². The second kappa shape index (κ2) is 8.26. The van der Waals surface area contributed by atoms with Gasteiger partial charge in [0.1, 0.15) is 18.0 Å². The molecule has 0 amide bonds. The van der Waals surface area contributed by atoms with E-state index < -0.39 is 5.97 Å². The van der Waals surface area contributed by atoms with E-state index in [4.69, 9.17) is 4.42 Å². The first kappa shape index (κ1) is 17.8. The summed E-state index contributed by atoms with van der Waals surface area (Å²) in [6.07, 6.45) is 1.96. The van der Waals surface area contributed by atoms with Crippen molar-refractivity contribution in [3.63, 3.8) is 0 Å². The van der Waals surface area contributed by atoms with E-state index in [2.05, 4.69) is 4.74 Å². The van der Waals surface area contributed by atoms with Crippen LogP contribution in [0, 0.1) is 6.92 Å². The van der Waals surface area contributed by atoms with Crippen molar-refractivity contribution in [1.29, 1.82) is 0 Å². The second-order valence-electron chi connectivity index (χ2n) is 5.01. The number of Topliss-reactive ketones (excluding diaryl/α,β-unsaturated/α-hetero) is 2. The van der Waals surface area contributed by atoms with Crippen molar-refractivity contribution in [2.24, 2.45) is 0 Å². The number of carbonyl (C=O) groups excluding carboxylic acids is 3. The molecule has 6 nitrogen and oxygen atoms in total. The predicted octanol–water partition coefficient (Wildman–Crippen LogP) is 2.00. The van der Waals surface area contributed by atoms with Crippen LogP contribution in [0.4, 0.5) is 0 Å². The SMILES string of the molecule is CCOC(=O)CC(C)=O.Cc1cc(=O)oc2c1C(=O)CCC2. The Bertz CT molecular complexity index is 626. The second-order valence-corrected chi connectivity index (χ2v) is 5.01. The number of ketones is 2. The first-order valence-corrected chi connectivity index (χ1v) is 7.17. The average Bonchev–Trinajstić information content (AvgIpc) is 2.37. The Balaban J connectivity index is 0.000000239. The minimum atomic E-state index is -0.440. The zero-order valence-electron chi connectivity index (χ0n) is 13.1. The van der Waals surface area contributed by atoms with Gasteiger partial charge in [-0.15, -0.1) is 0 Å². The molecule has 0 fully saturated rings. The normalized spacial score (nSPS) is 12.8. The van der Waals surface area contributed by atoms with E-state index in [1.807, 2.05) is 0 Å². The molecule has 0 N–H and O–H groups in total.